The molecule has 32 heavy (non-hydrogen) atoms. The zero-order valence-corrected chi connectivity index (χ0v) is 17.3. The molecule has 0 spiro atoms. The van der Waals surface area contributed by atoms with Gasteiger partial charge in [-0.2, -0.15) is 0 Å². The van der Waals surface area contributed by atoms with E-state index in [4.69, 9.17) is 9.15 Å². The maximum Gasteiger partial charge on any atom is 0.261 e. The minimum atomic E-state index is -0.504. The number of carbonyl (C=O) groups excluding carboxylic acids is 4. The lowest BCUT2D eigenvalue weighted by atomic mass is 10.1. The Labute approximate surface area is 183 Å². The third-order valence-corrected chi connectivity index (χ3v) is 4.89. The molecule has 0 atom stereocenters. The van der Waals surface area contributed by atoms with Crippen LogP contribution in [0.1, 0.15) is 43.8 Å². The van der Waals surface area contributed by atoms with E-state index in [0.29, 0.717) is 22.9 Å². The molecule has 1 aliphatic rings. The molecule has 2 N–H and O–H groups in total. The Hall–Kier alpha value is -4.40. The number of furan rings is 1. The molecule has 4 rings (SSSR count). The summed E-state index contributed by atoms with van der Waals surface area (Å²) >= 11 is 0. The van der Waals surface area contributed by atoms with Crippen LogP contribution in [0, 0.1) is 0 Å². The van der Waals surface area contributed by atoms with Gasteiger partial charge in [0, 0.05) is 18.2 Å². The van der Waals surface area contributed by atoms with Gasteiger partial charge in [0.2, 0.25) is 5.91 Å². The summed E-state index contributed by atoms with van der Waals surface area (Å²) < 4.78 is 10.5. The highest BCUT2D eigenvalue weighted by atomic mass is 16.5. The SMILES string of the molecule is COc1ccc(NC(C)=O)cc1NC(=O)c1ccc2c(c1)C(=O)N(Cc1ccco1)C2=O. The molecule has 3 aromatic rings. The average molecular weight is 433 g/mol. The van der Waals surface area contributed by atoms with Crippen LogP contribution in [0.3, 0.4) is 0 Å². The molecular formula is C23H19N3O6. The van der Waals surface area contributed by atoms with Crippen molar-refractivity contribution in [3.8, 4) is 5.75 Å². The first-order valence-corrected chi connectivity index (χ1v) is 9.67. The standard InChI is InChI=1S/C23H19N3O6/c1-13(27)24-15-6-8-20(31-2)19(11-15)25-21(28)14-5-7-17-18(10-14)23(30)26(22(17)29)12-16-4-3-9-32-16/h3-11H,12H2,1-2H3,(H,24,27)(H,25,28). The number of carbonyl (C=O) groups is 4. The number of rotatable bonds is 6. The normalized spacial score (nSPS) is 12.5. The second kappa shape index (κ2) is 8.38. The third-order valence-electron chi connectivity index (χ3n) is 4.89. The lowest BCUT2D eigenvalue weighted by Gasteiger charge is -2.12. The highest BCUT2D eigenvalue weighted by Crippen LogP contribution is 2.30. The molecule has 4 amide bonds. The van der Waals surface area contributed by atoms with Crippen LogP contribution in [-0.2, 0) is 11.3 Å². The van der Waals surface area contributed by atoms with Crippen LogP contribution in [0.4, 0.5) is 11.4 Å². The topological polar surface area (TPSA) is 118 Å². The molecule has 0 bridgehead atoms. The summed E-state index contributed by atoms with van der Waals surface area (Å²) in [5.41, 5.74) is 1.39. The highest BCUT2D eigenvalue weighted by Gasteiger charge is 2.36. The van der Waals surface area contributed by atoms with Crippen molar-refractivity contribution >= 4 is 35.0 Å². The zero-order valence-electron chi connectivity index (χ0n) is 17.3. The van der Waals surface area contributed by atoms with Crippen molar-refractivity contribution < 1.29 is 28.3 Å². The second-order valence-electron chi connectivity index (χ2n) is 7.09. The smallest absolute Gasteiger partial charge is 0.261 e. The summed E-state index contributed by atoms with van der Waals surface area (Å²) in [6, 6.07) is 12.5. The maximum atomic E-state index is 12.9. The van der Waals surface area contributed by atoms with E-state index < -0.39 is 17.7 Å². The lowest BCUT2D eigenvalue weighted by molar-refractivity contribution is -0.114. The summed E-state index contributed by atoms with van der Waals surface area (Å²) in [5, 5.41) is 5.35. The van der Waals surface area contributed by atoms with Crippen LogP contribution in [0.25, 0.3) is 0 Å². The van der Waals surface area contributed by atoms with Gasteiger partial charge >= 0.3 is 0 Å². The van der Waals surface area contributed by atoms with E-state index >= 15 is 0 Å². The van der Waals surface area contributed by atoms with Gasteiger partial charge in [-0.15, -0.1) is 0 Å². The molecule has 9 nitrogen and oxygen atoms in total. The van der Waals surface area contributed by atoms with Gasteiger partial charge in [-0.1, -0.05) is 0 Å². The third kappa shape index (κ3) is 3.95. The van der Waals surface area contributed by atoms with Crippen LogP contribution in [0.2, 0.25) is 0 Å². The molecular weight excluding hydrogens is 414 g/mol. The predicted octanol–water partition coefficient (Wildman–Crippen LogP) is 3.30. The molecule has 2 heterocycles. The molecule has 0 fully saturated rings. The molecule has 0 radical (unpaired) electrons. The fourth-order valence-corrected chi connectivity index (χ4v) is 3.42. The van der Waals surface area contributed by atoms with E-state index in [-0.39, 0.29) is 29.1 Å². The molecule has 0 saturated carbocycles. The molecule has 1 aliphatic heterocycles. The summed E-state index contributed by atoms with van der Waals surface area (Å²) in [4.78, 5) is 50.7. The van der Waals surface area contributed by atoms with Gasteiger partial charge < -0.3 is 19.8 Å². The van der Waals surface area contributed by atoms with Crippen molar-refractivity contribution in [2.75, 3.05) is 17.7 Å². The van der Waals surface area contributed by atoms with Crippen molar-refractivity contribution in [2.45, 2.75) is 13.5 Å². The van der Waals surface area contributed by atoms with Crippen LogP contribution in [0.5, 0.6) is 5.75 Å². The molecule has 162 valence electrons. The number of methoxy groups -OCH3 is 1. The molecule has 1 aromatic heterocycles. The lowest BCUT2D eigenvalue weighted by Crippen LogP contribution is -2.28. The van der Waals surface area contributed by atoms with Crippen molar-refractivity contribution in [2.24, 2.45) is 0 Å². The quantitative estimate of drug-likeness (QED) is 0.576. The van der Waals surface area contributed by atoms with E-state index in [1.54, 1.807) is 30.3 Å². The monoisotopic (exact) mass is 433 g/mol. The van der Waals surface area contributed by atoms with E-state index in [9.17, 15) is 19.2 Å². The van der Waals surface area contributed by atoms with Gasteiger partial charge in [-0.25, -0.2) is 0 Å². The number of benzene rings is 2. The number of imide groups is 1. The largest absolute Gasteiger partial charge is 0.495 e. The molecule has 0 saturated heterocycles. The first-order chi connectivity index (χ1) is 15.4. The average Bonchev–Trinajstić information content (AvgIpc) is 3.36. The first-order valence-electron chi connectivity index (χ1n) is 9.67. The van der Waals surface area contributed by atoms with E-state index in [0.717, 1.165) is 4.90 Å². The number of nitrogens with zero attached hydrogens (tertiary/aromatic N) is 1. The summed E-state index contributed by atoms with van der Waals surface area (Å²) in [5.74, 6) is -0.836. The molecule has 0 aliphatic carbocycles. The van der Waals surface area contributed by atoms with Crippen molar-refractivity contribution in [1.82, 2.24) is 4.90 Å². The highest BCUT2D eigenvalue weighted by molar-refractivity contribution is 6.22. The molecule has 9 heteroatoms. The number of nitrogens with one attached hydrogen (secondary N) is 2. The van der Waals surface area contributed by atoms with Crippen LogP contribution in [-0.4, -0.2) is 35.6 Å². The Morgan fingerprint density at radius 3 is 2.47 bits per heavy atom. The zero-order chi connectivity index (χ0) is 22.8. The fourth-order valence-electron chi connectivity index (χ4n) is 3.42. The number of amides is 4. The van der Waals surface area contributed by atoms with Crippen molar-refractivity contribution in [3.05, 3.63) is 77.2 Å². The predicted molar refractivity (Wildman–Crippen MR) is 115 cm³/mol. The Kier molecular flexibility index (Phi) is 5.46. The maximum absolute atomic E-state index is 12.9. The Bertz CT molecular complexity index is 1230. The summed E-state index contributed by atoms with van der Waals surface area (Å²) in [6.45, 7) is 1.38. The number of hydrogen-bond acceptors (Lipinski definition) is 6. The van der Waals surface area contributed by atoms with Gasteiger partial charge in [0.05, 0.1) is 36.7 Å². The van der Waals surface area contributed by atoms with E-state index in [2.05, 4.69) is 10.6 Å². The minimum Gasteiger partial charge on any atom is -0.495 e. The van der Waals surface area contributed by atoms with Gasteiger partial charge in [0.15, 0.2) is 0 Å². The number of fused-ring (bicyclic) bond motifs is 1. The van der Waals surface area contributed by atoms with Gasteiger partial charge in [-0.05, 0) is 48.5 Å². The number of ether oxygens (including phenoxy) is 1. The number of anilines is 2. The summed E-state index contributed by atoms with van der Waals surface area (Å²) in [7, 11) is 1.45. The van der Waals surface area contributed by atoms with Gasteiger partial charge in [-0.3, -0.25) is 24.1 Å². The Balaban J connectivity index is 1.57. The van der Waals surface area contributed by atoms with Gasteiger partial charge in [0.1, 0.15) is 11.5 Å². The Morgan fingerprint density at radius 1 is 1.00 bits per heavy atom. The number of hydrogen-bond donors (Lipinski definition) is 2. The minimum absolute atomic E-state index is 0.00795. The van der Waals surface area contributed by atoms with E-state index in [1.165, 1.54) is 38.5 Å². The Morgan fingerprint density at radius 2 is 1.78 bits per heavy atom. The van der Waals surface area contributed by atoms with Crippen LogP contribution in [0.15, 0.2) is 59.2 Å². The van der Waals surface area contributed by atoms with Crippen molar-refractivity contribution in [1.29, 1.82) is 0 Å². The molecule has 2 aromatic carbocycles. The fraction of sp³-hybridized carbons (Fsp3) is 0.130. The van der Waals surface area contributed by atoms with Crippen molar-refractivity contribution in [3.63, 3.8) is 0 Å². The van der Waals surface area contributed by atoms with Gasteiger partial charge in [0.25, 0.3) is 17.7 Å². The second-order valence-corrected chi connectivity index (χ2v) is 7.09. The van der Waals surface area contributed by atoms with Crippen LogP contribution < -0.4 is 15.4 Å². The summed E-state index contributed by atoms with van der Waals surface area (Å²) in [6.07, 6.45) is 1.46. The van der Waals surface area contributed by atoms with E-state index in [1.807, 2.05) is 0 Å². The first kappa shape index (κ1) is 20.9. The van der Waals surface area contributed by atoms with Crippen LogP contribution >= 0.6 is 0 Å². The molecule has 0 unspecified atom stereocenters.